The Morgan fingerprint density at radius 3 is 2.26 bits per heavy atom. The highest BCUT2D eigenvalue weighted by atomic mass is 16.5. The van der Waals surface area contributed by atoms with Gasteiger partial charge in [-0.25, -0.2) is 4.79 Å². The van der Waals surface area contributed by atoms with Crippen molar-refractivity contribution in [1.82, 2.24) is 10.2 Å². The molecule has 1 aromatic carbocycles. The van der Waals surface area contributed by atoms with E-state index in [0.29, 0.717) is 17.5 Å². The maximum Gasteiger partial charge on any atom is 0.328 e. The van der Waals surface area contributed by atoms with E-state index >= 15 is 0 Å². The van der Waals surface area contributed by atoms with Crippen molar-refractivity contribution in [2.45, 2.75) is 25.8 Å². The number of hydrogen-bond donors (Lipinski definition) is 1. The smallest absolute Gasteiger partial charge is 0.328 e. The monoisotopic (exact) mass is 318 g/mol. The molecule has 0 radical (unpaired) electrons. The van der Waals surface area contributed by atoms with Crippen LogP contribution in [0.3, 0.4) is 0 Å². The molecule has 3 amide bonds. The molecule has 0 aliphatic carbocycles. The molecule has 1 aliphatic heterocycles. The minimum atomic E-state index is -0.730. The molecule has 7 nitrogen and oxygen atoms in total. The van der Waals surface area contributed by atoms with Crippen LogP contribution in [0.4, 0.5) is 0 Å². The third-order valence-electron chi connectivity index (χ3n) is 3.60. The second-order valence-electron chi connectivity index (χ2n) is 5.22. The fourth-order valence-corrected chi connectivity index (χ4v) is 2.39. The number of ether oxygens (including phenoxy) is 1. The summed E-state index contributed by atoms with van der Waals surface area (Å²) in [5.41, 5.74) is 0.780. The number of carbonyl (C=O) groups excluding carboxylic acids is 4. The first-order chi connectivity index (χ1) is 11.0. The summed E-state index contributed by atoms with van der Waals surface area (Å²) in [5.74, 6) is -1.54. The third kappa shape index (κ3) is 3.56. The normalized spacial score (nSPS) is 14.4. The van der Waals surface area contributed by atoms with E-state index in [1.54, 1.807) is 24.3 Å². The van der Waals surface area contributed by atoms with E-state index in [-0.39, 0.29) is 30.7 Å². The first-order valence-corrected chi connectivity index (χ1v) is 7.28. The van der Waals surface area contributed by atoms with Gasteiger partial charge >= 0.3 is 5.97 Å². The topological polar surface area (TPSA) is 92.8 Å². The number of esters is 1. The molecule has 0 saturated carbocycles. The van der Waals surface area contributed by atoms with Gasteiger partial charge < -0.3 is 10.1 Å². The lowest BCUT2D eigenvalue weighted by Gasteiger charge is -2.14. The summed E-state index contributed by atoms with van der Waals surface area (Å²) in [6.45, 7) is 1.68. The highest BCUT2D eigenvalue weighted by molar-refractivity contribution is 6.21. The number of benzene rings is 1. The molecule has 1 atom stereocenters. The average molecular weight is 318 g/mol. The average Bonchev–Trinajstić information content (AvgIpc) is 2.79. The number of fused-ring (bicyclic) bond motifs is 1. The van der Waals surface area contributed by atoms with Crippen LogP contribution in [0.1, 0.15) is 40.5 Å². The van der Waals surface area contributed by atoms with Crippen LogP contribution in [0.5, 0.6) is 0 Å². The van der Waals surface area contributed by atoms with Gasteiger partial charge in [-0.2, -0.15) is 0 Å². The SMILES string of the molecule is COC(=O)C(C)NC(=O)CCCN1C(=O)c2ccccc2C1=O. The van der Waals surface area contributed by atoms with Crippen LogP contribution in [0, 0.1) is 0 Å². The minimum Gasteiger partial charge on any atom is -0.467 e. The Morgan fingerprint density at radius 2 is 1.74 bits per heavy atom. The van der Waals surface area contributed by atoms with Gasteiger partial charge in [-0.15, -0.1) is 0 Å². The Hall–Kier alpha value is -2.70. The number of nitrogens with one attached hydrogen (secondary N) is 1. The fraction of sp³-hybridized carbons (Fsp3) is 0.375. The molecule has 1 N–H and O–H groups in total. The molecule has 1 aliphatic rings. The maximum absolute atomic E-state index is 12.1. The number of carbonyl (C=O) groups is 4. The van der Waals surface area contributed by atoms with Crippen molar-refractivity contribution < 1.29 is 23.9 Å². The van der Waals surface area contributed by atoms with Gasteiger partial charge in [-0.3, -0.25) is 19.3 Å². The van der Waals surface area contributed by atoms with E-state index in [1.165, 1.54) is 14.0 Å². The summed E-state index contributed by atoms with van der Waals surface area (Å²) in [7, 11) is 1.24. The molecule has 0 saturated heterocycles. The van der Waals surface area contributed by atoms with Crippen LogP contribution in [0.2, 0.25) is 0 Å². The number of methoxy groups -OCH3 is 1. The van der Waals surface area contributed by atoms with E-state index in [1.807, 2.05) is 0 Å². The molecule has 0 spiro atoms. The first kappa shape index (κ1) is 16.7. The fourth-order valence-electron chi connectivity index (χ4n) is 2.39. The highest BCUT2D eigenvalue weighted by Gasteiger charge is 2.34. The van der Waals surface area contributed by atoms with Crippen molar-refractivity contribution in [1.29, 1.82) is 0 Å². The standard InChI is InChI=1S/C16H18N2O5/c1-10(16(22)23-2)17-13(19)8-5-9-18-14(20)11-6-3-4-7-12(11)15(18)21/h3-4,6-7,10H,5,8-9H2,1-2H3,(H,17,19). The van der Waals surface area contributed by atoms with Gasteiger partial charge in [-0.1, -0.05) is 12.1 Å². The zero-order valence-electron chi connectivity index (χ0n) is 13.0. The summed E-state index contributed by atoms with van der Waals surface area (Å²) in [6, 6.07) is 5.90. The van der Waals surface area contributed by atoms with Gasteiger partial charge in [-0.05, 0) is 25.5 Å². The zero-order valence-corrected chi connectivity index (χ0v) is 13.0. The predicted octanol–water partition coefficient (Wildman–Crippen LogP) is 0.740. The largest absolute Gasteiger partial charge is 0.467 e. The number of imide groups is 1. The van der Waals surface area contributed by atoms with Crippen LogP contribution in [0.15, 0.2) is 24.3 Å². The summed E-state index contributed by atoms with van der Waals surface area (Å²) in [6.07, 6.45) is 0.430. The van der Waals surface area contributed by atoms with Crippen molar-refractivity contribution in [2.75, 3.05) is 13.7 Å². The second-order valence-corrected chi connectivity index (χ2v) is 5.22. The molecular weight excluding hydrogens is 300 g/mol. The summed E-state index contributed by atoms with van der Waals surface area (Å²) < 4.78 is 4.51. The third-order valence-corrected chi connectivity index (χ3v) is 3.60. The predicted molar refractivity (Wildman–Crippen MR) is 80.7 cm³/mol. The van der Waals surface area contributed by atoms with Crippen molar-refractivity contribution in [2.24, 2.45) is 0 Å². The molecule has 0 aromatic heterocycles. The molecule has 0 fully saturated rings. The first-order valence-electron chi connectivity index (χ1n) is 7.28. The summed E-state index contributed by atoms with van der Waals surface area (Å²) in [5, 5.41) is 2.49. The van der Waals surface area contributed by atoms with Crippen LogP contribution >= 0.6 is 0 Å². The molecule has 7 heteroatoms. The Labute approximate surface area is 133 Å². The van der Waals surface area contributed by atoms with Crippen LogP contribution in [0.25, 0.3) is 0 Å². The number of amides is 3. The van der Waals surface area contributed by atoms with E-state index in [0.717, 1.165) is 4.90 Å². The Balaban J connectivity index is 1.84. The molecular formula is C16H18N2O5. The Morgan fingerprint density at radius 1 is 1.17 bits per heavy atom. The Bertz CT molecular complexity index is 621. The lowest BCUT2D eigenvalue weighted by Crippen LogP contribution is -2.39. The molecule has 1 aromatic rings. The van der Waals surface area contributed by atoms with Crippen molar-refractivity contribution >= 4 is 23.7 Å². The van der Waals surface area contributed by atoms with Crippen molar-refractivity contribution in [3.8, 4) is 0 Å². The van der Waals surface area contributed by atoms with E-state index < -0.39 is 12.0 Å². The summed E-state index contributed by atoms with van der Waals surface area (Å²) in [4.78, 5) is 48.3. The van der Waals surface area contributed by atoms with Gasteiger partial charge in [0.05, 0.1) is 18.2 Å². The van der Waals surface area contributed by atoms with E-state index in [4.69, 9.17) is 0 Å². The van der Waals surface area contributed by atoms with Gasteiger partial charge in [0.25, 0.3) is 11.8 Å². The highest BCUT2D eigenvalue weighted by Crippen LogP contribution is 2.22. The molecule has 0 bridgehead atoms. The molecule has 1 unspecified atom stereocenters. The Kier molecular flexibility index (Phi) is 5.10. The van der Waals surface area contributed by atoms with Gasteiger partial charge in [0.2, 0.25) is 5.91 Å². The van der Waals surface area contributed by atoms with Crippen LogP contribution < -0.4 is 5.32 Å². The van der Waals surface area contributed by atoms with Crippen LogP contribution in [-0.4, -0.2) is 48.3 Å². The molecule has 23 heavy (non-hydrogen) atoms. The van der Waals surface area contributed by atoms with E-state index in [9.17, 15) is 19.2 Å². The van der Waals surface area contributed by atoms with E-state index in [2.05, 4.69) is 10.1 Å². The van der Waals surface area contributed by atoms with Gasteiger partial charge in [0, 0.05) is 13.0 Å². The summed E-state index contributed by atoms with van der Waals surface area (Å²) >= 11 is 0. The lowest BCUT2D eigenvalue weighted by molar-refractivity contribution is -0.144. The second kappa shape index (κ2) is 7.04. The number of rotatable bonds is 6. The molecule has 2 rings (SSSR count). The maximum atomic E-state index is 12.1. The zero-order chi connectivity index (χ0) is 17.0. The minimum absolute atomic E-state index is 0.106. The molecule has 122 valence electrons. The quantitative estimate of drug-likeness (QED) is 0.617. The molecule has 1 heterocycles. The number of nitrogens with zero attached hydrogens (tertiary/aromatic N) is 1. The van der Waals surface area contributed by atoms with Gasteiger partial charge in [0.1, 0.15) is 6.04 Å². The van der Waals surface area contributed by atoms with Crippen molar-refractivity contribution in [3.05, 3.63) is 35.4 Å². The lowest BCUT2D eigenvalue weighted by atomic mass is 10.1. The van der Waals surface area contributed by atoms with Crippen LogP contribution in [-0.2, 0) is 14.3 Å². The van der Waals surface area contributed by atoms with Crippen molar-refractivity contribution in [3.63, 3.8) is 0 Å². The number of hydrogen-bond acceptors (Lipinski definition) is 5. The van der Waals surface area contributed by atoms with Gasteiger partial charge in [0.15, 0.2) is 0 Å².